The second kappa shape index (κ2) is 10.5. The van der Waals surface area contributed by atoms with E-state index in [0.29, 0.717) is 12.8 Å². The minimum Gasteiger partial charge on any atom is -0.480 e. The molecule has 0 spiro atoms. The second-order valence-electron chi connectivity index (χ2n) is 5.74. The molecule has 0 aromatic rings. The molecule has 1 heterocycles. The standard InChI is InChI=1S/C14H26N6O5/c15-14(16)18-6-2-4-9(12(23)20-10(7-21)13(24)25)19-11(22)8-3-1-5-17-8/h8-10,17,21H,1-7H2,(H,19,22)(H,20,23)(H,24,25)(H4,15,16,18)/t8-,9-,10-/m0/s1. The molecule has 0 radical (unpaired) electrons. The first-order chi connectivity index (χ1) is 11.8. The number of guanidine groups is 1. The topological polar surface area (TPSA) is 192 Å². The van der Waals surface area contributed by atoms with Crippen LogP contribution >= 0.6 is 0 Å². The molecule has 0 unspecified atom stereocenters. The third kappa shape index (κ3) is 7.35. The van der Waals surface area contributed by atoms with Gasteiger partial charge in [0.25, 0.3) is 0 Å². The van der Waals surface area contributed by atoms with E-state index in [-0.39, 0.29) is 30.9 Å². The zero-order valence-corrected chi connectivity index (χ0v) is 13.9. The molecule has 0 aromatic carbocycles. The Hall–Kier alpha value is -2.40. The summed E-state index contributed by atoms with van der Waals surface area (Å²) in [7, 11) is 0. The highest BCUT2D eigenvalue weighted by molar-refractivity contribution is 5.91. The third-order valence-corrected chi connectivity index (χ3v) is 3.75. The van der Waals surface area contributed by atoms with Crippen molar-refractivity contribution in [3.63, 3.8) is 0 Å². The Morgan fingerprint density at radius 1 is 1.24 bits per heavy atom. The van der Waals surface area contributed by atoms with E-state index in [9.17, 15) is 14.4 Å². The summed E-state index contributed by atoms with van der Waals surface area (Å²) in [5.41, 5.74) is 10.5. The molecule has 0 saturated carbocycles. The molecule has 1 rings (SSSR count). The van der Waals surface area contributed by atoms with Gasteiger partial charge in [0.15, 0.2) is 5.96 Å². The number of nitrogens with zero attached hydrogens (tertiary/aromatic N) is 1. The Morgan fingerprint density at radius 2 is 1.96 bits per heavy atom. The van der Waals surface area contributed by atoms with Gasteiger partial charge in [-0.3, -0.25) is 14.6 Å². The molecule has 3 atom stereocenters. The Labute approximate surface area is 145 Å². The van der Waals surface area contributed by atoms with Gasteiger partial charge in [0.2, 0.25) is 11.8 Å². The van der Waals surface area contributed by atoms with E-state index in [1.54, 1.807) is 0 Å². The summed E-state index contributed by atoms with van der Waals surface area (Å²) in [5, 5.41) is 25.8. The molecule has 0 bridgehead atoms. The molecular formula is C14H26N6O5. The molecule has 11 heteroatoms. The van der Waals surface area contributed by atoms with Gasteiger partial charge in [-0.1, -0.05) is 0 Å². The highest BCUT2D eigenvalue weighted by Gasteiger charge is 2.29. The molecule has 0 aliphatic carbocycles. The van der Waals surface area contributed by atoms with Crippen LogP contribution < -0.4 is 27.4 Å². The normalized spacial score (nSPS) is 18.8. The largest absolute Gasteiger partial charge is 0.480 e. The summed E-state index contributed by atoms with van der Waals surface area (Å²) in [6, 6.07) is -2.76. The number of rotatable bonds is 10. The van der Waals surface area contributed by atoms with Gasteiger partial charge in [0.05, 0.1) is 12.6 Å². The van der Waals surface area contributed by atoms with E-state index in [4.69, 9.17) is 21.7 Å². The van der Waals surface area contributed by atoms with E-state index >= 15 is 0 Å². The number of hydrogen-bond acceptors (Lipinski definition) is 6. The van der Waals surface area contributed by atoms with Crippen molar-refractivity contribution in [2.45, 2.75) is 43.8 Å². The summed E-state index contributed by atoms with van der Waals surface area (Å²) in [6.07, 6.45) is 2.16. The Morgan fingerprint density at radius 3 is 2.48 bits per heavy atom. The zero-order chi connectivity index (χ0) is 18.8. The Bertz CT molecular complexity index is 502. The van der Waals surface area contributed by atoms with Crippen LogP contribution in [0.1, 0.15) is 25.7 Å². The number of aliphatic carboxylic acids is 1. The van der Waals surface area contributed by atoms with Crippen molar-refractivity contribution in [2.75, 3.05) is 19.7 Å². The van der Waals surface area contributed by atoms with E-state index in [0.717, 1.165) is 13.0 Å². The van der Waals surface area contributed by atoms with Crippen LogP contribution in [0.4, 0.5) is 0 Å². The van der Waals surface area contributed by atoms with Crippen LogP contribution in [0.15, 0.2) is 4.99 Å². The van der Waals surface area contributed by atoms with Gasteiger partial charge in [-0.15, -0.1) is 0 Å². The predicted octanol–water partition coefficient (Wildman–Crippen LogP) is -3.16. The summed E-state index contributed by atoms with van der Waals surface area (Å²) >= 11 is 0. The average molecular weight is 358 g/mol. The lowest BCUT2D eigenvalue weighted by Gasteiger charge is -2.22. The van der Waals surface area contributed by atoms with Crippen molar-refractivity contribution in [3.05, 3.63) is 0 Å². The van der Waals surface area contributed by atoms with Gasteiger partial charge >= 0.3 is 5.97 Å². The fourth-order valence-corrected chi connectivity index (χ4v) is 2.41. The fraction of sp³-hybridized carbons (Fsp3) is 0.714. The lowest BCUT2D eigenvalue weighted by atomic mass is 10.1. The molecule has 9 N–H and O–H groups in total. The molecule has 1 aliphatic rings. The first-order valence-electron chi connectivity index (χ1n) is 8.08. The van der Waals surface area contributed by atoms with Crippen LogP contribution in [0, 0.1) is 0 Å². The van der Waals surface area contributed by atoms with Gasteiger partial charge in [0.1, 0.15) is 12.1 Å². The summed E-state index contributed by atoms with van der Waals surface area (Å²) < 4.78 is 0. The van der Waals surface area contributed by atoms with Crippen molar-refractivity contribution in [1.82, 2.24) is 16.0 Å². The molecule has 11 nitrogen and oxygen atoms in total. The van der Waals surface area contributed by atoms with Crippen LogP contribution in [0.5, 0.6) is 0 Å². The molecule has 2 amide bonds. The number of carbonyl (C=O) groups excluding carboxylic acids is 2. The van der Waals surface area contributed by atoms with Crippen LogP contribution in [-0.2, 0) is 14.4 Å². The summed E-state index contributed by atoms with van der Waals surface area (Å²) in [6.45, 7) is 0.247. The number of hydrogen-bond donors (Lipinski definition) is 7. The van der Waals surface area contributed by atoms with Crippen LogP contribution in [-0.4, -0.2) is 71.8 Å². The zero-order valence-electron chi connectivity index (χ0n) is 13.9. The SMILES string of the molecule is NC(N)=NCCC[C@H](NC(=O)[C@@H]1CCCN1)C(=O)N[C@@H](CO)C(=O)O. The van der Waals surface area contributed by atoms with Gasteiger partial charge in [-0.2, -0.15) is 0 Å². The minimum absolute atomic E-state index is 0.0774. The number of aliphatic imine (C=N–C) groups is 1. The van der Waals surface area contributed by atoms with Crippen molar-refractivity contribution in [2.24, 2.45) is 16.5 Å². The maximum atomic E-state index is 12.3. The average Bonchev–Trinajstić information content (AvgIpc) is 3.09. The van der Waals surface area contributed by atoms with Crippen molar-refractivity contribution >= 4 is 23.7 Å². The number of carbonyl (C=O) groups is 3. The maximum Gasteiger partial charge on any atom is 0.328 e. The molecule has 25 heavy (non-hydrogen) atoms. The number of carboxylic acid groups (broad SMARTS) is 1. The lowest BCUT2D eigenvalue weighted by molar-refractivity contribution is -0.143. The van der Waals surface area contributed by atoms with Crippen molar-refractivity contribution < 1.29 is 24.6 Å². The van der Waals surface area contributed by atoms with Crippen LogP contribution in [0.25, 0.3) is 0 Å². The van der Waals surface area contributed by atoms with Gasteiger partial charge < -0.3 is 37.6 Å². The number of aliphatic hydroxyl groups is 1. The Kier molecular flexibility index (Phi) is 8.64. The molecule has 1 aliphatic heterocycles. The quantitative estimate of drug-likeness (QED) is 0.121. The predicted molar refractivity (Wildman–Crippen MR) is 89.5 cm³/mol. The summed E-state index contributed by atoms with van der Waals surface area (Å²) in [5.74, 6) is -2.45. The number of carboxylic acids is 1. The van der Waals surface area contributed by atoms with Gasteiger partial charge in [-0.05, 0) is 32.2 Å². The van der Waals surface area contributed by atoms with E-state index in [2.05, 4.69) is 20.9 Å². The first kappa shape index (κ1) is 20.6. The molecule has 1 fully saturated rings. The smallest absolute Gasteiger partial charge is 0.328 e. The van der Waals surface area contributed by atoms with Crippen molar-refractivity contribution in [3.8, 4) is 0 Å². The van der Waals surface area contributed by atoms with E-state index in [1.165, 1.54) is 0 Å². The monoisotopic (exact) mass is 358 g/mol. The maximum absolute atomic E-state index is 12.3. The van der Waals surface area contributed by atoms with Gasteiger partial charge in [-0.25, -0.2) is 4.79 Å². The lowest BCUT2D eigenvalue weighted by Crippen LogP contribution is -2.55. The highest BCUT2D eigenvalue weighted by atomic mass is 16.4. The second-order valence-corrected chi connectivity index (χ2v) is 5.74. The summed E-state index contributed by atoms with van der Waals surface area (Å²) in [4.78, 5) is 39.2. The van der Waals surface area contributed by atoms with E-state index < -0.39 is 30.6 Å². The first-order valence-corrected chi connectivity index (χ1v) is 8.08. The number of nitrogens with one attached hydrogen (secondary N) is 3. The van der Waals surface area contributed by atoms with Gasteiger partial charge in [0, 0.05) is 6.54 Å². The fourth-order valence-electron chi connectivity index (χ4n) is 2.41. The molecule has 142 valence electrons. The molecule has 0 aromatic heterocycles. The van der Waals surface area contributed by atoms with Crippen LogP contribution in [0.3, 0.4) is 0 Å². The van der Waals surface area contributed by atoms with Crippen molar-refractivity contribution in [1.29, 1.82) is 0 Å². The molecular weight excluding hydrogens is 332 g/mol. The Balaban J connectivity index is 2.67. The third-order valence-electron chi connectivity index (χ3n) is 3.75. The van der Waals surface area contributed by atoms with E-state index in [1.807, 2.05) is 0 Å². The highest BCUT2D eigenvalue weighted by Crippen LogP contribution is 2.07. The number of nitrogens with two attached hydrogens (primary N) is 2. The molecule has 1 saturated heterocycles. The minimum atomic E-state index is -1.44. The number of amides is 2. The van der Waals surface area contributed by atoms with Crippen LogP contribution in [0.2, 0.25) is 0 Å². The number of aliphatic hydroxyl groups excluding tert-OH is 1.